The molecule has 1 heterocycles. The van der Waals surface area contributed by atoms with E-state index >= 15 is 0 Å². The van der Waals surface area contributed by atoms with Crippen LogP contribution in [0.25, 0.3) is 0 Å². The highest BCUT2D eigenvalue weighted by Crippen LogP contribution is 2.21. The second kappa shape index (κ2) is 9.19. The Morgan fingerprint density at radius 2 is 1.31 bits per heavy atom. The smallest absolute Gasteiger partial charge is 0.261 e. The highest BCUT2D eigenvalue weighted by atomic mass is 32.2. The maximum absolute atomic E-state index is 11.9. The van der Waals surface area contributed by atoms with E-state index in [1.165, 1.54) is 14.1 Å². The number of nitrogens with one attached hydrogen (secondary N) is 2. The molecule has 1 aromatic carbocycles. The van der Waals surface area contributed by atoms with Crippen LogP contribution in [0.5, 0.6) is 0 Å². The fraction of sp³-hybridized carbons (Fsp3) is 0.429. The molecule has 0 aromatic heterocycles. The summed E-state index contributed by atoms with van der Waals surface area (Å²) >= 11 is 0. The third-order valence-corrected chi connectivity index (χ3v) is 6.21. The predicted octanol–water partition coefficient (Wildman–Crippen LogP) is -1.67. The molecule has 1 aliphatic heterocycles. The van der Waals surface area contributed by atoms with Crippen molar-refractivity contribution in [2.45, 2.75) is 0 Å². The van der Waals surface area contributed by atoms with Gasteiger partial charge in [-0.05, 0) is 26.2 Å². The Kier molecular flexibility index (Phi) is 7.84. The number of nitrogens with two attached hydrogens (primary N) is 1. The van der Waals surface area contributed by atoms with E-state index < -0.39 is 31.9 Å². The van der Waals surface area contributed by atoms with Crippen LogP contribution in [0.15, 0.2) is 24.3 Å². The molecule has 0 unspecified atom stereocenters. The molecule has 2 amide bonds. The second-order valence-electron chi connectivity index (χ2n) is 5.14. The minimum atomic E-state index is -3.44. The van der Waals surface area contributed by atoms with Crippen LogP contribution in [0.1, 0.15) is 20.7 Å². The molecule has 0 fully saturated rings. The molecule has 12 heteroatoms. The van der Waals surface area contributed by atoms with Crippen LogP contribution in [0.4, 0.5) is 0 Å². The summed E-state index contributed by atoms with van der Waals surface area (Å²) < 4.78 is 47.7. The Balaban J connectivity index is 0.000000359. The van der Waals surface area contributed by atoms with Gasteiger partial charge in [0.25, 0.3) is 11.8 Å². The summed E-state index contributed by atoms with van der Waals surface area (Å²) in [5.74, 6) is -1.18. The Morgan fingerprint density at radius 1 is 0.885 bits per heavy atom. The second-order valence-corrected chi connectivity index (χ2v) is 9.23. The molecule has 4 N–H and O–H groups in total. The number of sulfonamides is 2. The number of benzene rings is 1. The third-order valence-electron chi connectivity index (χ3n) is 3.47. The van der Waals surface area contributed by atoms with E-state index in [0.29, 0.717) is 11.1 Å². The van der Waals surface area contributed by atoms with Gasteiger partial charge in [-0.3, -0.25) is 14.5 Å². The van der Waals surface area contributed by atoms with E-state index in [0.717, 1.165) is 4.90 Å². The summed E-state index contributed by atoms with van der Waals surface area (Å²) in [7, 11) is -3.83. The molecular weight excluding hydrogens is 384 g/mol. The number of nitrogens with zero attached hydrogens (tertiary/aromatic N) is 1. The number of imide groups is 1. The Bertz CT molecular complexity index is 832. The van der Waals surface area contributed by atoms with E-state index in [-0.39, 0.29) is 24.6 Å². The topological polar surface area (TPSA) is 156 Å². The van der Waals surface area contributed by atoms with Gasteiger partial charge in [-0.2, -0.15) is 0 Å². The standard InChI is InChI=1S/C11H12N2O4S.C3H10N2O2S/c1-12-18(16,17)7-6-13-10(14)8-4-2-3-5-9(8)11(13)15;1-5-8(6,7)3-2-4/h2-5,12H,6-7H2,1H3;5H,2-4H2,1H3. The van der Waals surface area contributed by atoms with Crippen LogP contribution in [-0.4, -0.2) is 72.2 Å². The average Bonchev–Trinajstić information content (AvgIpc) is 2.85. The maximum atomic E-state index is 11.9. The molecular formula is C14H22N4O6S2. The van der Waals surface area contributed by atoms with Crippen LogP contribution in [0.3, 0.4) is 0 Å². The van der Waals surface area contributed by atoms with E-state index in [2.05, 4.69) is 9.44 Å². The zero-order valence-electron chi connectivity index (χ0n) is 14.4. The Hall–Kier alpha value is -1.86. The SMILES string of the molecule is CNS(=O)(=O)CCN.CNS(=O)(=O)CCN1C(=O)c2ccccc2C1=O. The first-order valence-corrected chi connectivity index (χ1v) is 10.9. The van der Waals surface area contributed by atoms with Gasteiger partial charge in [0.1, 0.15) is 0 Å². The lowest BCUT2D eigenvalue weighted by Gasteiger charge is -2.13. The normalized spacial score (nSPS) is 14.0. The van der Waals surface area contributed by atoms with Gasteiger partial charge in [-0.15, -0.1) is 0 Å². The lowest BCUT2D eigenvalue weighted by molar-refractivity contribution is 0.0664. The van der Waals surface area contributed by atoms with Crippen molar-refractivity contribution in [2.24, 2.45) is 5.73 Å². The van der Waals surface area contributed by atoms with Gasteiger partial charge in [0.05, 0.1) is 22.6 Å². The van der Waals surface area contributed by atoms with Crippen molar-refractivity contribution in [1.82, 2.24) is 14.3 Å². The first-order chi connectivity index (χ1) is 12.1. The number of amides is 2. The molecule has 0 bridgehead atoms. The van der Waals surface area contributed by atoms with Gasteiger partial charge in [0, 0.05) is 13.1 Å². The summed E-state index contributed by atoms with van der Waals surface area (Å²) in [4.78, 5) is 24.8. The van der Waals surface area contributed by atoms with Crippen LogP contribution in [-0.2, 0) is 20.0 Å². The molecule has 1 aromatic rings. The van der Waals surface area contributed by atoms with Gasteiger partial charge < -0.3 is 5.73 Å². The molecule has 10 nitrogen and oxygen atoms in total. The Labute approximate surface area is 152 Å². The van der Waals surface area contributed by atoms with Crippen LogP contribution < -0.4 is 15.2 Å². The molecule has 0 spiro atoms. The molecule has 0 atom stereocenters. The summed E-state index contributed by atoms with van der Waals surface area (Å²) in [5.41, 5.74) is 5.62. The summed E-state index contributed by atoms with van der Waals surface area (Å²) in [6.45, 7) is 0.0265. The molecule has 146 valence electrons. The number of carbonyl (C=O) groups excluding carboxylic acids is 2. The molecule has 26 heavy (non-hydrogen) atoms. The highest BCUT2D eigenvalue weighted by molar-refractivity contribution is 7.89. The summed E-state index contributed by atoms with van der Waals surface area (Å²) in [5, 5.41) is 0. The number of rotatable bonds is 7. The number of hydrogen-bond donors (Lipinski definition) is 3. The first kappa shape index (κ1) is 22.2. The van der Waals surface area contributed by atoms with Crippen LogP contribution >= 0.6 is 0 Å². The van der Waals surface area contributed by atoms with Crippen molar-refractivity contribution < 1.29 is 26.4 Å². The van der Waals surface area contributed by atoms with Crippen molar-refractivity contribution in [2.75, 3.05) is 38.7 Å². The van der Waals surface area contributed by atoms with Gasteiger partial charge in [0.15, 0.2) is 0 Å². The van der Waals surface area contributed by atoms with Crippen molar-refractivity contribution in [3.63, 3.8) is 0 Å². The van der Waals surface area contributed by atoms with Crippen molar-refractivity contribution in [1.29, 1.82) is 0 Å². The largest absolute Gasteiger partial charge is 0.329 e. The highest BCUT2D eigenvalue weighted by Gasteiger charge is 2.35. The van der Waals surface area contributed by atoms with Crippen LogP contribution in [0, 0.1) is 0 Å². The lowest BCUT2D eigenvalue weighted by atomic mass is 10.1. The third kappa shape index (κ3) is 5.85. The molecule has 2 rings (SSSR count). The minimum absolute atomic E-state index is 0.00347. The molecule has 0 aliphatic carbocycles. The number of hydrogen-bond acceptors (Lipinski definition) is 7. The van der Waals surface area contributed by atoms with E-state index in [4.69, 9.17) is 5.73 Å². The number of fused-ring (bicyclic) bond motifs is 1. The minimum Gasteiger partial charge on any atom is -0.329 e. The number of carbonyl (C=O) groups is 2. The lowest BCUT2D eigenvalue weighted by Crippen LogP contribution is -2.36. The predicted molar refractivity (Wildman–Crippen MR) is 96.6 cm³/mol. The van der Waals surface area contributed by atoms with Crippen molar-refractivity contribution in [3.05, 3.63) is 35.4 Å². The van der Waals surface area contributed by atoms with Crippen molar-refractivity contribution in [3.8, 4) is 0 Å². The molecule has 0 radical (unpaired) electrons. The average molecular weight is 406 g/mol. The van der Waals surface area contributed by atoms with Crippen LogP contribution in [0.2, 0.25) is 0 Å². The van der Waals surface area contributed by atoms with Gasteiger partial charge >= 0.3 is 0 Å². The maximum Gasteiger partial charge on any atom is 0.261 e. The van der Waals surface area contributed by atoms with E-state index in [9.17, 15) is 26.4 Å². The summed E-state index contributed by atoms with van der Waals surface area (Å²) in [6.07, 6.45) is 0. The van der Waals surface area contributed by atoms with Gasteiger partial charge in [-0.1, -0.05) is 12.1 Å². The first-order valence-electron chi connectivity index (χ1n) is 7.56. The molecule has 0 saturated heterocycles. The quantitative estimate of drug-likeness (QED) is 0.457. The fourth-order valence-corrected chi connectivity index (χ4v) is 3.15. The fourth-order valence-electron chi connectivity index (χ4n) is 2.01. The van der Waals surface area contributed by atoms with E-state index in [1.807, 2.05) is 0 Å². The van der Waals surface area contributed by atoms with Gasteiger partial charge in [-0.25, -0.2) is 26.3 Å². The Morgan fingerprint density at radius 3 is 1.65 bits per heavy atom. The van der Waals surface area contributed by atoms with E-state index in [1.54, 1.807) is 24.3 Å². The summed E-state index contributed by atoms with van der Waals surface area (Å²) in [6, 6.07) is 6.44. The molecule has 0 saturated carbocycles. The van der Waals surface area contributed by atoms with Crippen molar-refractivity contribution >= 4 is 31.9 Å². The monoisotopic (exact) mass is 406 g/mol. The zero-order valence-corrected chi connectivity index (χ0v) is 16.1. The van der Waals surface area contributed by atoms with Gasteiger partial charge in [0.2, 0.25) is 20.0 Å². The molecule has 1 aliphatic rings. The zero-order chi connectivity index (χ0) is 20.0.